The van der Waals surface area contributed by atoms with E-state index in [1.165, 1.54) is 0 Å². The van der Waals surface area contributed by atoms with Crippen LogP contribution in [0.3, 0.4) is 0 Å². The average molecular weight is 498 g/mol. The second-order valence-corrected chi connectivity index (χ2v) is 8.50. The van der Waals surface area contributed by atoms with Crippen molar-refractivity contribution in [2.24, 2.45) is 0 Å². The molecular formula is C29H27N3O5. The number of aromatic nitrogens is 2. The van der Waals surface area contributed by atoms with Crippen molar-refractivity contribution >= 4 is 17.8 Å². The highest BCUT2D eigenvalue weighted by Crippen LogP contribution is 2.40. The predicted molar refractivity (Wildman–Crippen MR) is 137 cm³/mol. The molecule has 3 aromatic carbocycles. The van der Waals surface area contributed by atoms with E-state index in [1.54, 1.807) is 12.5 Å². The van der Waals surface area contributed by atoms with Crippen LogP contribution in [0.1, 0.15) is 28.8 Å². The molecule has 0 aliphatic carbocycles. The predicted octanol–water partition coefficient (Wildman–Crippen LogP) is 3.40. The lowest BCUT2D eigenvalue weighted by atomic mass is 9.77. The quantitative estimate of drug-likeness (QED) is 0.197. The lowest BCUT2D eigenvalue weighted by molar-refractivity contribution is -0.146. The summed E-state index contributed by atoms with van der Waals surface area (Å²) < 4.78 is 6.45. The lowest BCUT2D eigenvalue weighted by Gasteiger charge is -2.37. The number of hydrogen-bond acceptors (Lipinski definition) is 5. The SMILES string of the molecule is COC(=O)CC(=O)NC(Cc1cn(C(c2ccccc2)(c2ccccc2)c2ccccc2)cn1)C(=O)O. The first kappa shape index (κ1) is 25.4. The molecule has 0 fully saturated rings. The van der Waals surface area contributed by atoms with E-state index in [4.69, 9.17) is 0 Å². The Hall–Kier alpha value is -4.72. The van der Waals surface area contributed by atoms with Crippen LogP contribution >= 0.6 is 0 Å². The number of hydrogen-bond donors (Lipinski definition) is 2. The van der Waals surface area contributed by atoms with Crippen LogP contribution in [0.4, 0.5) is 0 Å². The Morgan fingerprint density at radius 3 is 1.81 bits per heavy atom. The smallest absolute Gasteiger partial charge is 0.326 e. The highest BCUT2D eigenvalue weighted by Gasteiger charge is 2.38. The van der Waals surface area contributed by atoms with Gasteiger partial charge in [-0.2, -0.15) is 0 Å². The maximum atomic E-state index is 12.1. The fourth-order valence-corrected chi connectivity index (χ4v) is 4.50. The number of nitrogens with zero attached hydrogens (tertiary/aromatic N) is 2. The second kappa shape index (κ2) is 11.3. The van der Waals surface area contributed by atoms with Crippen molar-refractivity contribution in [2.75, 3.05) is 7.11 Å². The van der Waals surface area contributed by atoms with E-state index in [-0.39, 0.29) is 6.42 Å². The van der Waals surface area contributed by atoms with Crippen LogP contribution in [0.5, 0.6) is 0 Å². The summed E-state index contributed by atoms with van der Waals surface area (Å²) in [5.74, 6) is -2.71. The molecule has 8 nitrogen and oxygen atoms in total. The first-order chi connectivity index (χ1) is 17.9. The van der Waals surface area contributed by atoms with Gasteiger partial charge in [-0.05, 0) is 16.7 Å². The Labute approximate surface area is 214 Å². The van der Waals surface area contributed by atoms with Gasteiger partial charge in [-0.15, -0.1) is 0 Å². The van der Waals surface area contributed by atoms with Crippen LogP contribution in [-0.2, 0) is 31.1 Å². The van der Waals surface area contributed by atoms with Gasteiger partial charge < -0.3 is 19.7 Å². The molecule has 188 valence electrons. The summed E-state index contributed by atoms with van der Waals surface area (Å²) in [5, 5.41) is 12.1. The zero-order valence-electron chi connectivity index (χ0n) is 20.3. The van der Waals surface area contributed by atoms with Crippen LogP contribution in [-0.4, -0.2) is 45.7 Å². The van der Waals surface area contributed by atoms with E-state index in [2.05, 4.69) is 15.0 Å². The second-order valence-electron chi connectivity index (χ2n) is 8.50. The molecule has 0 radical (unpaired) electrons. The molecule has 0 spiro atoms. The number of amides is 1. The van der Waals surface area contributed by atoms with Crippen molar-refractivity contribution in [1.82, 2.24) is 14.9 Å². The number of benzene rings is 3. The van der Waals surface area contributed by atoms with Gasteiger partial charge in [0.15, 0.2) is 0 Å². The van der Waals surface area contributed by atoms with Crippen molar-refractivity contribution in [3.05, 3.63) is 126 Å². The van der Waals surface area contributed by atoms with Crippen LogP contribution in [0.15, 0.2) is 104 Å². The van der Waals surface area contributed by atoms with Crippen molar-refractivity contribution in [2.45, 2.75) is 24.4 Å². The number of ether oxygens (including phenoxy) is 1. The molecule has 4 rings (SSSR count). The van der Waals surface area contributed by atoms with Gasteiger partial charge in [0, 0.05) is 12.6 Å². The number of imidazole rings is 1. The Balaban J connectivity index is 1.78. The molecule has 1 amide bonds. The molecular weight excluding hydrogens is 470 g/mol. The molecule has 0 aliphatic heterocycles. The molecule has 2 N–H and O–H groups in total. The molecule has 37 heavy (non-hydrogen) atoms. The highest BCUT2D eigenvalue weighted by molar-refractivity contribution is 5.95. The molecule has 1 atom stereocenters. The normalized spacial score (nSPS) is 11.9. The molecule has 0 aliphatic rings. The Kier molecular flexibility index (Phi) is 7.78. The number of rotatable bonds is 10. The van der Waals surface area contributed by atoms with Crippen LogP contribution in [0.25, 0.3) is 0 Å². The number of carbonyl (C=O) groups excluding carboxylic acids is 2. The topological polar surface area (TPSA) is 111 Å². The molecule has 1 aromatic heterocycles. The molecule has 0 saturated carbocycles. The minimum absolute atomic E-state index is 0.0658. The molecule has 0 saturated heterocycles. The van der Waals surface area contributed by atoms with Gasteiger partial charge in [0.05, 0.1) is 19.1 Å². The van der Waals surface area contributed by atoms with Gasteiger partial charge in [0.1, 0.15) is 18.0 Å². The fraction of sp³-hybridized carbons (Fsp3) is 0.172. The van der Waals surface area contributed by atoms with Crippen LogP contribution in [0, 0.1) is 0 Å². The number of carboxylic acid groups (broad SMARTS) is 1. The van der Waals surface area contributed by atoms with Crippen molar-refractivity contribution < 1.29 is 24.2 Å². The Bertz CT molecular complexity index is 1260. The molecule has 1 heterocycles. The van der Waals surface area contributed by atoms with Crippen molar-refractivity contribution in [1.29, 1.82) is 0 Å². The zero-order chi connectivity index (χ0) is 26.3. The minimum Gasteiger partial charge on any atom is -0.480 e. The van der Waals surface area contributed by atoms with E-state index in [9.17, 15) is 19.5 Å². The van der Waals surface area contributed by atoms with Crippen molar-refractivity contribution in [3.63, 3.8) is 0 Å². The van der Waals surface area contributed by atoms with E-state index in [0.717, 1.165) is 23.8 Å². The third-order valence-electron chi connectivity index (χ3n) is 6.18. The summed E-state index contributed by atoms with van der Waals surface area (Å²) in [5.41, 5.74) is 2.67. The Morgan fingerprint density at radius 1 is 0.892 bits per heavy atom. The number of nitrogens with one attached hydrogen (secondary N) is 1. The highest BCUT2D eigenvalue weighted by atomic mass is 16.5. The van der Waals surface area contributed by atoms with E-state index < -0.39 is 35.8 Å². The summed E-state index contributed by atoms with van der Waals surface area (Å²) in [4.78, 5) is 40.0. The standard InChI is InChI=1S/C29H27N3O5/c1-37-27(34)18-26(33)31-25(28(35)36)17-24-19-32(20-30-24)29(21-11-5-2-6-12-21,22-13-7-3-8-14-22)23-15-9-4-10-16-23/h2-16,19-20,25H,17-18H2,1H3,(H,31,33)(H,35,36). The van der Waals surface area contributed by atoms with Gasteiger partial charge in [-0.3, -0.25) is 9.59 Å². The average Bonchev–Trinajstić information content (AvgIpc) is 3.39. The largest absolute Gasteiger partial charge is 0.480 e. The number of carbonyl (C=O) groups is 3. The van der Waals surface area contributed by atoms with Gasteiger partial charge in [-0.25, -0.2) is 9.78 Å². The minimum atomic E-state index is -1.26. The molecule has 8 heteroatoms. The summed E-state index contributed by atoms with van der Waals surface area (Å²) >= 11 is 0. The first-order valence-electron chi connectivity index (χ1n) is 11.7. The molecule has 4 aromatic rings. The number of carboxylic acids is 1. The van der Waals surface area contributed by atoms with E-state index in [0.29, 0.717) is 5.69 Å². The fourth-order valence-electron chi connectivity index (χ4n) is 4.50. The summed E-state index contributed by atoms with van der Waals surface area (Å²) in [6.45, 7) is 0. The maximum absolute atomic E-state index is 12.1. The number of esters is 1. The summed E-state index contributed by atoms with van der Waals surface area (Å²) in [6, 6.07) is 28.8. The van der Waals surface area contributed by atoms with Crippen LogP contribution < -0.4 is 5.32 Å². The molecule has 0 bridgehead atoms. The number of aliphatic carboxylic acids is 1. The first-order valence-corrected chi connectivity index (χ1v) is 11.7. The lowest BCUT2D eigenvalue weighted by Crippen LogP contribution is -2.43. The third kappa shape index (κ3) is 5.43. The van der Waals surface area contributed by atoms with E-state index >= 15 is 0 Å². The number of methoxy groups -OCH3 is 1. The summed E-state index contributed by atoms with van der Waals surface area (Å²) in [6.07, 6.45) is 2.85. The summed E-state index contributed by atoms with van der Waals surface area (Å²) in [7, 11) is 1.16. The zero-order valence-corrected chi connectivity index (χ0v) is 20.3. The maximum Gasteiger partial charge on any atom is 0.326 e. The van der Waals surface area contributed by atoms with Gasteiger partial charge in [0.25, 0.3) is 0 Å². The molecule has 1 unspecified atom stereocenters. The monoisotopic (exact) mass is 497 g/mol. The third-order valence-corrected chi connectivity index (χ3v) is 6.18. The van der Waals surface area contributed by atoms with Crippen LogP contribution in [0.2, 0.25) is 0 Å². The van der Waals surface area contributed by atoms with Gasteiger partial charge in [-0.1, -0.05) is 91.0 Å². The van der Waals surface area contributed by atoms with Gasteiger partial charge >= 0.3 is 11.9 Å². The van der Waals surface area contributed by atoms with Crippen molar-refractivity contribution in [3.8, 4) is 0 Å². The van der Waals surface area contributed by atoms with Gasteiger partial charge in [0.2, 0.25) is 5.91 Å². The Morgan fingerprint density at radius 2 is 1.38 bits per heavy atom. The van der Waals surface area contributed by atoms with E-state index in [1.807, 2.05) is 95.6 Å².